The third-order valence-corrected chi connectivity index (χ3v) is 6.89. The second-order valence-electron chi connectivity index (χ2n) is 9.26. The van der Waals surface area contributed by atoms with Crippen LogP contribution in [0.1, 0.15) is 35.6 Å². The zero-order valence-electron chi connectivity index (χ0n) is 47.4. The summed E-state index contributed by atoms with van der Waals surface area (Å²) in [6.07, 6.45) is 0. The molecule has 43 heavy (non-hydrogen) atoms. The van der Waals surface area contributed by atoms with E-state index in [-0.39, 0.29) is 0 Å². The summed E-state index contributed by atoms with van der Waals surface area (Å²) in [5.74, 6) is 0. The number of hydrogen-bond acceptors (Lipinski definition) is 1. The predicted octanol–water partition coefficient (Wildman–Crippen LogP) is 12.0. The van der Waals surface area contributed by atoms with Crippen LogP contribution in [0.3, 0.4) is 0 Å². The van der Waals surface area contributed by atoms with E-state index in [1.54, 1.807) is 0 Å². The molecule has 0 aliphatic rings. The summed E-state index contributed by atoms with van der Waals surface area (Å²) in [6, 6.07) is -22.8. The van der Waals surface area contributed by atoms with Gasteiger partial charge in [0.2, 0.25) is 0 Å². The lowest BCUT2D eigenvalue weighted by Crippen LogP contribution is -1.90. The van der Waals surface area contributed by atoms with Crippen molar-refractivity contribution in [3.63, 3.8) is 0 Å². The van der Waals surface area contributed by atoms with Crippen molar-refractivity contribution in [2.24, 2.45) is 0 Å². The Morgan fingerprint density at radius 1 is 0.326 bits per heavy atom. The number of rotatable bonds is 3. The summed E-state index contributed by atoms with van der Waals surface area (Å²) >= 11 is 0. The van der Waals surface area contributed by atoms with E-state index >= 15 is 0 Å². The molecule has 0 aliphatic heterocycles. The van der Waals surface area contributed by atoms with Crippen LogP contribution in [0.25, 0.3) is 87.6 Å². The molecule has 0 saturated carbocycles. The first kappa shape index (κ1) is 9.69. The minimum atomic E-state index is -0.979. The summed E-state index contributed by atoms with van der Waals surface area (Å²) in [6.45, 7) is 0. The highest BCUT2D eigenvalue weighted by molar-refractivity contribution is 6.22. The first-order valence-corrected chi connectivity index (χ1v) is 12.7. The monoisotopic (exact) mass is 572 g/mol. The molecule has 0 fully saturated rings. The van der Waals surface area contributed by atoms with Crippen molar-refractivity contribution in [2.75, 3.05) is 0 Å². The van der Waals surface area contributed by atoms with Crippen LogP contribution in [0, 0.1) is 0 Å². The molecule has 0 radical (unpaired) electrons. The van der Waals surface area contributed by atoms with E-state index in [4.69, 9.17) is 29.1 Å². The lowest BCUT2D eigenvalue weighted by Gasteiger charge is -2.17. The molecule has 1 heteroatoms. The third-order valence-electron chi connectivity index (χ3n) is 6.89. The van der Waals surface area contributed by atoms with Gasteiger partial charge in [0.25, 0.3) is 0 Å². The van der Waals surface area contributed by atoms with Crippen molar-refractivity contribution in [1.82, 2.24) is 0 Å². The summed E-state index contributed by atoms with van der Waals surface area (Å²) in [4.78, 5) is 0. The summed E-state index contributed by atoms with van der Waals surface area (Å²) in [7, 11) is 0. The summed E-state index contributed by atoms with van der Waals surface area (Å²) < 4.78 is 236. The van der Waals surface area contributed by atoms with Crippen molar-refractivity contribution >= 4 is 54.3 Å². The van der Waals surface area contributed by atoms with E-state index in [9.17, 15) is 11.0 Å². The van der Waals surface area contributed by atoms with Crippen LogP contribution in [-0.4, -0.2) is 0 Å². The Labute approximate surface area is 285 Å². The highest BCUT2D eigenvalue weighted by Crippen LogP contribution is 2.44. The third kappa shape index (κ3) is 3.79. The topological polar surface area (TPSA) is 13.1 Å². The molecule has 0 aliphatic carbocycles. The van der Waals surface area contributed by atoms with Gasteiger partial charge in [-0.05, 0) is 95.9 Å². The first-order valence-electron chi connectivity index (χ1n) is 25.7. The van der Waals surface area contributed by atoms with Gasteiger partial charge >= 0.3 is 0 Å². The van der Waals surface area contributed by atoms with Crippen molar-refractivity contribution in [3.8, 4) is 33.4 Å². The number of hydrogen-bond donors (Lipinski definition) is 0. The van der Waals surface area contributed by atoms with E-state index in [0.29, 0.717) is 0 Å². The average Bonchev–Trinajstić information content (AvgIpc) is 3.73. The normalized spacial score (nSPS) is 20.2. The minimum Gasteiger partial charge on any atom is -0.456 e. The molecule has 0 unspecified atom stereocenters. The molecule has 0 saturated heterocycles. The van der Waals surface area contributed by atoms with E-state index in [0.717, 1.165) is 0 Å². The molecule has 0 bridgehead atoms. The highest BCUT2D eigenvalue weighted by Gasteiger charge is 2.17. The Bertz CT molecular complexity index is 3860. The largest absolute Gasteiger partial charge is 0.456 e. The maximum absolute atomic E-state index is 9.65. The summed E-state index contributed by atoms with van der Waals surface area (Å²) in [5.41, 5.74) is -5.44. The Morgan fingerprint density at radius 3 is 1.60 bits per heavy atom. The molecule has 0 atom stereocenters. The van der Waals surface area contributed by atoms with Crippen molar-refractivity contribution < 1.29 is 40.1 Å². The molecule has 1 nitrogen and oxygen atoms in total. The van der Waals surface area contributed by atoms with Crippen LogP contribution in [0.5, 0.6) is 0 Å². The smallest absolute Gasteiger partial charge is 0.136 e. The van der Waals surface area contributed by atoms with Crippen molar-refractivity contribution in [3.05, 3.63) is 157 Å². The SMILES string of the molecule is [2H]c1c([2H])c([2H])c(-c2c3c([2H])c([2H])c([2H])c([2H])c3c(-c3c([2H])c([2H])c4c(oc5c([2H])c([2H])c(-c6c([2H])c([2H])c7c([2H])c([2H])c([2H])c([2H])c7c6[2H])c([2H])c54)c3[2H])c3c([2H])c([2H])c([2H])c([2H])c23)c([2H])c1[2H]. The summed E-state index contributed by atoms with van der Waals surface area (Å²) in [5, 5.41) is -4.71. The first-order chi connectivity index (χ1) is 32.2. The van der Waals surface area contributed by atoms with Crippen LogP contribution in [0.15, 0.2) is 162 Å². The fourth-order valence-electron chi connectivity index (χ4n) is 5.05. The number of fused-ring (bicyclic) bond motifs is 6. The molecule has 1 aromatic heterocycles. The Morgan fingerprint density at radius 2 is 0.884 bits per heavy atom. The highest BCUT2D eigenvalue weighted by atomic mass is 16.3. The molecule has 9 rings (SSSR count). The van der Waals surface area contributed by atoms with Crippen LogP contribution in [-0.2, 0) is 0 Å². The quantitative estimate of drug-likeness (QED) is 0.192. The molecule has 0 amide bonds. The van der Waals surface area contributed by atoms with Gasteiger partial charge in [-0.2, -0.15) is 0 Å². The molecule has 0 spiro atoms. The molecule has 0 N–H and O–H groups in total. The number of furan rings is 1. The van der Waals surface area contributed by atoms with Gasteiger partial charge in [-0.25, -0.2) is 0 Å². The fourth-order valence-corrected chi connectivity index (χ4v) is 5.05. The molecule has 1 heterocycles. The van der Waals surface area contributed by atoms with Crippen LogP contribution >= 0.6 is 0 Å². The lowest BCUT2D eigenvalue weighted by molar-refractivity contribution is 0.669. The van der Waals surface area contributed by atoms with Crippen molar-refractivity contribution in [2.45, 2.75) is 0 Å². The molecular formula is C42H26O. The van der Waals surface area contributed by atoms with Crippen LogP contribution < -0.4 is 0 Å². The van der Waals surface area contributed by atoms with Gasteiger partial charge in [0, 0.05) is 10.8 Å². The Hall–Kier alpha value is -5.66. The van der Waals surface area contributed by atoms with Gasteiger partial charge < -0.3 is 4.42 Å². The molecule has 9 aromatic rings. The van der Waals surface area contributed by atoms with Gasteiger partial charge in [-0.3, -0.25) is 0 Å². The van der Waals surface area contributed by atoms with Crippen LogP contribution in [0.4, 0.5) is 0 Å². The average molecular weight is 573 g/mol. The zero-order chi connectivity index (χ0) is 51.0. The van der Waals surface area contributed by atoms with Crippen LogP contribution in [0.2, 0.25) is 0 Å². The maximum atomic E-state index is 9.65. The second-order valence-corrected chi connectivity index (χ2v) is 9.26. The van der Waals surface area contributed by atoms with Gasteiger partial charge in [-0.1, -0.05) is 127 Å². The van der Waals surface area contributed by atoms with E-state index in [1.165, 1.54) is 0 Å². The van der Waals surface area contributed by atoms with E-state index in [1.807, 2.05) is 0 Å². The standard InChI is InChI=1S/C42H26O/c1-2-11-28(12-3-1)41-34-14-6-8-16-36(34)42(37-17-9-7-15-35(37)41)32-20-22-33-38-25-31(21-23-39(38)43-40(33)26-32)30-19-18-27-10-4-5-13-29(27)24-30/h1-26H/i1D,2D,3D,4D,5D,6D,7D,8D,9D,10D,11D,12D,13D,14D,15D,16D,17D,18D,19D,20D,21D,22D,23D,24D,25D,26D. The predicted molar refractivity (Wildman–Crippen MR) is 183 cm³/mol. The lowest BCUT2D eigenvalue weighted by atomic mass is 9.86. The second kappa shape index (κ2) is 9.44. The molecular weight excluding hydrogens is 520 g/mol. The Balaban J connectivity index is 1.51. The van der Waals surface area contributed by atoms with E-state index in [2.05, 4.69) is 0 Å². The fraction of sp³-hybridized carbons (Fsp3) is 0. The van der Waals surface area contributed by atoms with Gasteiger partial charge in [0.15, 0.2) is 0 Å². The molecule has 200 valence electrons. The van der Waals surface area contributed by atoms with Crippen molar-refractivity contribution in [1.29, 1.82) is 0 Å². The van der Waals surface area contributed by atoms with Gasteiger partial charge in [0.1, 0.15) is 11.2 Å². The maximum Gasteiger partial charge on any atom is 0.136 e. The number of benzene rings is 8. The van der Waals surface area contributed by atoms with E-state index < -0.39 is 245 Å². The zero-order valence-corrected chi connectivity index (χ0v) is 21.4. The van der Waals surface area contributed by atoms with Gasteiger partial charge in [0.05, 0.1) is 35.6 Å². The minimum absolute atomic E-state index is 0.492. The Kier molecular flexibility index (Phi) is 2.13. The van der Waals surface area contributed by atoms with Gasteiger partial charge in [-0.15, -0.1) is 0 Å². The molecule has 8 aromatic carbocycles.